The first-order chi connectivity index (χ1) is 10.6. The van der Waals surface area contributed by atoms with Crippen molar-refractivity contribution in [2.24, 2.45) is 0 Å². The van der Waals surface area contributed by atoms with E-state index in [1.54, 1.807) is 23.1 Å². The molecule has 2 heterocycles. The van der Waals surface area contributed by atoms with E-state index in [9.17, 15) is 9.18 Å². The fourth-order valence-corrected chi connectivity index (χ4v) is 2.97. The Morgan fingerprint density at radius 3 is 2.95 bits per heavy atom. The van der Waals surface area contributed by atoms with E-state index in [0.29, 0.717) is 30.0 Å². The number of hydrogen-bond donors (Lipinski definition) is 1. The van der Waals surface area contributed by atoms with Crippen LogP contribution in [-0.4, -0.2) is 30.0 Å². The molecule has 1 aromatic rings. The molecule has 2 aliphatic heterocycles. The number of nitrogens with zero attached hydrogens (tertiary/aromatic N) is 3. The Balaban J connectivity index is 2.00. The molecule has 1 saturated heterocycles. The largest absolute Gasteiger partial charge is 0.305 e. The Morgan fingerprint density at radius 2 is 2.27 bits per heavy atom. The minimum Gasteiger partial charge on any atom is -0.305 e. The first-order valence-electron chi connectivity index (χ1n) is 7.20. The number of amides is 1. The van der Waals surface area contributed by atoms with Crippen LogP contribution >= 0.6 is 0 Å². The molecule has 0 radical (unpaired) electrons. The van der Waals surface area contributed by atoms with Crippen molar-refractivity contribution < 1.29 is 9.18 Å². The maximum Gasteiger partial charge on any atom is 0.276 e. The summed E-state index contributed by atoms with van der Waals surface area (Å²) in [5, 5.41) is 11.0. The molecule has 1 N–H and O–H groups in total. The Labute approximate surface area is 128 Å². The lowest BCUT2D eigenvalue weighted by atomic mass is 10.1. The molecule has 1 amide bonds. The van der Waals surface area contributed by atoms with Gasteiger partial charge in [0.25, 0.3) is 5.91 Å². The van der Waals surface area contributed by atoms with Crippen LogP contribution in [0.2, 0.25) is 0 Å². The predicted octanol–water partition coefficient (Wildman–Crippen LogP) is 1.86. The smallest absolute Gasteiger partial charge is 0.276 e. The van der Waals surface area contributed by atoms with Crippen LogP contribution in [0.5, 0.6) is 0 Å². The standard InChI is InChI=1S/C16H17FN4O/c1-10-8-19-21-11(2)9-20(16(22)15(10)21)14-4-3-12(6-17)13(5-14)7-18/h3-5,11,19H,6,8-9H2,1-2H3. The van der Waals surface area contributed by atoms with Crippen LogP contribution < -0.4 is 10.3 Å². The van der Waals surface area contributed by atoms with Crippen LogP contribution in [0, 0.1) is 11.3 Å². The summed E-state index contributed by atoms with van der Waals surface area (Å²) in [7, 11) is 0. The Kier molecular flexibility index (Phi) is 3.59. The zero-order chi connectivity index (χ0) is 15.9. The molecule has 1 fully saturated rings. The number of anilines is 1. The fourth-order valence-electron chi connectivity index (χ4n) is 2.97. The molecule has 0 bridgehead atoms. The van der Waals surface area contributed by atoms with Gasteiger partial charge in [-0.25, -0.2) is 9.82 Å². The van der Waals surface area contributed by atoms with Gasteiger partial charge in [-0.05, 0) is 31.6 Å². The van der Waals surface area contributed by atoms with E-state index >= 15 is 0 Å². The molecule has 1 aromatic carbocycles. The van der Waals surface area contributed by atoms with Crippen LogP contribution in [0.3, 0.4) is 0 Å². The topological polar surface area (TPSA) is 59.4 Å². The number of carbonyl (C=O) groups excluding carboxylic acids is 1. The van der Waals surface area contributed by atoms with Gasteiger partial charge in [-0.3, -0.25) is 9.80 Å². The number of nitriles is 1. The van der Waals surface area contributed by atoms with E-state index in [-0.39, 0.29) is 17.5 Å². The van der Waals surface area contributed by atoms with E-state index in [4.69, 9.17) is 5.26 Å². The summed E-state index contributed by atoms with van der Waals surface area (Å²) in [6.45, 7) is 4.47. The summed E-state index contributed by atoms with van der Waals surface area (Å²) in [5.74, 6) is -0.0857. The number of hydrazine groups is 1. The van der Waals surface area contributed by atoms with Crippen molar-refractivity contribution in [1.29, 1.82) is 5.26 Å². The summed E-state index contributed by atoms with van der Waals surface area (Å²) in [6.07, 6.45) is 0. The first kappa shape index (κ1) is 14.5. The highest BCUT2D eigenvalue weighted by Gasteiger charge is 2.38. The summed E-state index contributed by atoms with van der Waals surface area (Å²) < 4.78 is 12.9. The maximum atomic E-state index is 12.9. The summed E-state index contributed by atoms with van der Waals surface area (Å²) >= 11 is 0. The van der Waals surface area contributed by atoms with E-state index in [0.717, 1.165) is 5.57 Å². The minimum atomic E-state index is -0.685. The van der Waals surface area contributed by atoms with Crippen molar-refractivity contribution in [2.75, 3.05) is 18.0 Å². The van der Waals surface area contributed by atoms with Gasteiger partial charge in [0.15, 0.2) is 0 Å². The van der Waals surface area contributed by atoms with Crippen LogP contribution in [0.1, 0.15) is 25.0 Å². The molecular weight excluding hydrogens is 283 g/mol. The van der Waals surface area contributed by atoms with Gasteiger partial charge in [-0.2, -0.15) is 5.26 Å². The SMILES string of the molecule is CC1=C2C(=O)N(c3ccc(CF)c(C#N)c3)CC(C)N2NC1. The van der Waals surface area contributed by atoms with Gasteiger partial charge >= 0.3 is 0 Å². The highest BCUT2D eigenvalue weighted by atomic mass is 19.1. The van der Waals surface area contributed by atoms with Crippen molar-refractivity contribution in [3.05, 3.63) is 40.6 Å². The van der Waals surface area contributed by atoms with Gasteiger partial charge in [0.1, 0.15) is 12.4 Å². The van der Waals surface area contributed by atoms with Crippen molar-refractivity contribution in [1.82, 2.24) is 10.4 Å². The summed E-state index contributed by atoms with van der Waals surface area (Å²) in [6, 6.07) is 6.99. The quantitative estimate of drug-likeness (QED) is 0.905. The highest BCUT2D eigenvalue weighted by Crippen LogP contribution is 2.30. The molecule has 0 saturated carbocycles. The van der Waals surface area contributed by atoms with E-state index in [1.807, 2.05) is 24.9 Å². The number of alkyl halides is 1. The van der Waals surface area contributed by atoms with E-state index < -0.39 is 6.67 Å². The van der Waals surface area contributed by atoms with E-state index in [1.165, 1.54) is 0 Å². The van der Waals surface area contributed by atoms with Gasteiger partial charge in [-0.1, -0.05) is 6.07 Å². The molecule has 0 aliphatic carbocycles. The second kappa shape index (κ2) is 5.43. The fraction of sp³-hybridized carbons (Fsp3) is 0.375. The van der Waals surface area contributed by atoms with Gasteiger partial charge in [0.05, 0.1) is 17.7 Å². The second-order valence-corrected chi connectivity index (χ2v) is 5.69. The Morgan fingerprint density at radius 1 is 1.50 bits per heavy atom. The second-order valence-electron chi connectivity index (χ2n) is 5.69. The van der Waals surface area contributed by atoms with Crippen molar-refractivity contribution in [3.8, 4) is 6.07 Å². The Hall–Kier alpha value is -2.39. The number of hydrogen-bond acceptors (Lipinski definition) is 4. The molecular formula is C16H17FN4O. The summed E-state index contributed by atoms with van der Waals surface area (Å²) in [4.78, 5) is 14.4. The van der Waals surface area contributed by atoms with Crippen molar-refractivity contribution in [2.45, 2.75) is 26.6 Å². The molecule has 6 heteroatoms. The third kappa shape index (κ3) is 2.14. The van der Waals surface area contributed by atoms with Gasteiger partial charge < -0.3 is 4.90 Å². The van der Waals surface area contributed by atoms with Gasteiger partial charge in [-0.15, -0.1) is 0 Å². The number of piperazine rings is 1. The third-order valence-electron chi connectivity index (χ3n) is 4.16. The average Bonchev–Trinajstić information content (AvgIpc) is 2.93. The molecule has 1 atom stereocenters. The van der Waals surface area contributed by atoms with E-state index in [2.05, 4.69) is 5.43 Å². The maximum absolute atomic E-state index is 12.9. The van der Waals surface area contributed by atoms with Gasteiger partial charge in [0, 0.05) is 24.3 Å². The number of halogens is 1. The monoisotopic (exact) mass is 300 g/mol. The third-order valence-corrected chi connectivity index (χ3v) is 4.16. The predicted molar refractivity (Wildman–Crippen MR) is 80.3 cm³/mol. The first-order valence-corrected chi connectivity index (χ1v) is 7.20. The lowest BCUT2D eigenvalue weighted by Gasteiger charge is -2.39. The molecule has 5 nitrogen and oxygen atoms in total. The van der Waals surface area contributed by atoms with Crippen LogP contribution in [0.25, 0.3) is 0 Å². The van der Waals surface area contributed by atoms with Gasteiger partial charge in [0.2, 0.25) is 0 Å². The van der Waals surface area contributed by atoms with Crippen molar-refractivity contribution >= 4 is 11.6 Å². The molecule has 114 valence electrons. The molecule has 2 aliphatic rings. The number of rotatable bonds is 2. The minimum absolute atomic E-state index is 0.0857. The molecule has 0 aromatic heterocycles. The normalized spacial score (nSPS) is 21.2. The number of benzene rings is 1. The zero-order valence-corrected chi connectivity index (χ0v) is 12.6. The highest BCUT2D eigenvalue weighted by molar-refractivity contribution is 6.07. The number of fused-ring (bicyclic) bond motifs is 1. The average molecular weight is 300 g/mol. The van der Waals surface area contributed by atoms with Crippen LogP contribution in [0.4, 0.5) is 10.1 Å². The Bertz CT molecular complexity index is 707. The molecule has 22 heavy (non-hydrogen) atoms. The lowest BCUT2D eigenvalue weighted by Crippen LogP contribution is -2.55. The molecule has 3 rings (SSSR count). The van der Waals surface area contributed by atoms with Crippen molar-refractivity contribution in [3.63, 3.8) is 0 Å². The van der Waals surface area contributed by atoms with Crippen LogP contribution in [0.15, 0.2) is 29.5 Å². The molecule has 0 spiro atoms. The zero-order valence-electron chi connectivity index (χ0n) is 12.6. The number of carbonyl (C=O) groups is 1. The lowest BCUT2D eigenvalue weighted by molar-refractivity contribution is -0.118. The summed E-state index contributed by atoms with van der Waals surface area (Å²) in [5.41, 5.74) is 6.15. The van der Waals surface area contributed by atoms with Crippen LogP contribution in [-0.2, 0) is 11.5 Å². The number of nitrogens with one attached hydrogen (secondary N) is 1. The molecule has 1 unspecified atom stereocenters.